The van der Waals surface area contributed by atoms with Gasteiger partial charge in [-0.1, -0.05) is 91.9 Å². The van der Waals surface area contributed by atoms with Crippen molar-refractivity contribution in [2.45, 2.75) is 116 Å². The summed E-state index contributed by atoms with van der Waals surface area (Å²) in [6.45, 7) is 9.28. The summed E-state index contributed by atoms with van der Waals surface area (Å²) in [4.78, 5) is 0. The van der Waals surface area contributed by atoms with Crippen LogP contribution in [0.15, 0.2) is 0 Å². The molecule has 0 aromatic heterocycles. The summed E-state index contributed by atoms with van der Waals surface area (Å²) in [6.07, 6.45) is 17.5. The van der Waals surface area contributed by atoms with Gasteiger partial charge in [-0.25, -0.2) is 0 Å². The Kier molecular flexibility index (Phi) is 12.4. The number of hydrogen-bond acceptors (Lipinski definition) is 1. The Hall–Kier alpha value is 0.150. The molecule has 0 N–H and O–H groups in total. The van der Waals surface area contributed by atoms with Crippen LogP contribution in [0.4, 0.5) is 0 Å². The Bertz CT molecular complexity index is 326. The van der Waals surface area contributed by atoms with E-state index in [4.69, 9.17) is 0 Å². The predicted molar refractivity (Wildman–Crippen MR) is 110 cm³/mol. The third kappa shape index (κ3) is 9.02. The van der Waals surface area contributed by atoms with E-state index < -0.39 is 10.8 Å². The summed E-state index contributed by atoms with van der Waals surface area (Å²) in [6, 6.07) is 0. The van der Waals surface area contributed by atoms with Gasteiger partial charge in [0.25, 0.3) is 0 Å². The van der Waals surface area contributed by atoms with Crippen molar-refractivity contribution in [2.24, 2.45) is 17.8 Å². The molecule has 1 nitrogen and oxygen atoms in total. The van der Waals surface area contributed by atoms with Gasteiger partial charge in [-0.3, -0.25) is 4.21 Å². The van der Waals surface area contributed by atoms with Crippen molar-refractivity contribution in [3.63, 3.8) is 0 Å². The van der Waals surface area contributed by atoms with Crippen LogP contribution in [0.3, 0.4) is 0 Å². The molecule has 0 heterocycles. The van der Waals surface area contributed by atoms with Gasteiger partial charge in [0.1, 0.15) is 0 Å². The van der Waals surface area contributed by atoms with Crippen LogP contribution in [-0.4, -0.2) is 15.2 Å². The van der Waals surface area contributed by atoms with Crippen molar-refractivity contribution in [2.75, 3.05) is 5.75 Å². The first-order valence-corrected chi connectivity index (χ1v) is 12.3. The van der Waals surface area contributed by atoms with E-state index in [9.17, 15) is 4.21 Å². The van der Waals surface area contributed by atoms with E-state index >= 15 is 0 Å². The summed E-state index contributed by atoms with van der Waals surface area (Å²) < 4.78 is 12.8. The minimum Gasteiger partial charge on any atom is -0.259 e. The van der Waals surface area contributed by atoms with Gasteiger partial charge in [-0.05, 0) is 37.0 Å². The van der Waals surface area contributed by atoms with Crippen molar-refractivity contribution >= 4 is 10.8 Å². The van der Waals surface area contributed by atoms with Crippen molar-refractivity contribution in [1.29, 1.82) is 0 Å². The zero-order chi connectivity index (χ0) is 17.8. The van der Waals surface area contributed by atoms with Crippen LogP contribution in [0.1, 0.15) is 111 Å². The van der Waals surface area contributed by atoms with Crippen LogP contribution in [0, 0.1) is 17.8 Å². The fourth-order valence-corrected chi connectivity index (χ4v) is 6.47. The average Bonchev–Trinajstić information content (AvgIpc) is 2.56. The largest absolute Gasteiger partial charge is 0.259 e. The van der Waals surface area contributed by atoms with E-state index in [-0.39, 0.29) is 0 Å². The fraction of sp³-hybridized carbons (Fsp3) is 1.00. The van der Waals surface area contributed by atoms with Gasteiger partial charge in [-0.2, -0.15) is 0 Å². The second-order valence-corrected chi connectivity index (χ2v) is 10.4. The van der Waals surface area contributed by atoms with Crippen molar-refractivity contribution in [3.05, 3.63) is 0 Å². The second-order valence-electron chi connectivity index (χ2n) is 8.63. The molecule has 0 spiro atoms. The van der Waals surface area contributed by atoms with Crippen LogP contribution in [0.5, 0.6) is 0 Å². The molecular weight excluding hydrogens is 312 g/mol. The Morgan fingerprint density at radius 2 is 1.42 bits per heavy atom. The lowest BCUT2D eigenvalue weighted by Crippen LogP contribution is -2.36. The van der Waals surface area contributed by atoms with E-state index in [0.717, 1.165) is 11.7 Å². The molecule has 144 valence electrons. The highest BCUT2D eigenvalue weighted by atomic mass is 32.2. The summed E-state index contributed by atoms with van der Waals surface area (Å²) in [5, 5.41) is 0.479. The summed E-state index contributed by atoms with van der Waals surface area (Å²) in [5.74, 6) is 3.13. The molecule has 0 bridgehead atoms. The molecule has 0 radical (unpaired) electrons. The lowest BCUT2D eigenvalue weighted by atomic mass is 9.77. The third-order valence-electron chi connectivity index (χ3n) is 6.00. The van der Waals surface area contributed by atoms with Crippen molar-refractivity contribution < 1.29 is 4.21 Å². The Labute approximate surface area is 155 Å². The molecule has 4 atom stereocenters. The standard InChI is InChI=1S/C22H44OS/c1-5-6-7-8-9-10-11-12-13-14-17-24(23)22-18-20(4)15-16-21(22)19(2)3/h19-22H,5-18H2,1-4H3. The summed E-state index contributed by atoms with van der Waals surface area (Å²) in [5.41, 5.74) is 0. The van der Waals surface area contributed by atoms with Gasteiger partial charge in [0.05, 0.1) is 0 Å². The van der Waals surface area contributed by atoms with Crippen molar-refractivity contribution in [1.82, 2.24) is 0 Å². The zero-order valence-electron chi connectivity index (χ0n) is 17.0. The molecule has 1 aliphatic carbocycles. The van der Waals surface area contributed by atoms with E-state index in [0.29, 0.717) is 17.1 Å². The quantitative estimate of drug-likeness (QED) is 0.321. The van der Waals surface area contributed by atoms with Gasteiger partial charge >= 0.3 is 0 Å². The summed E-state index contributed by atoms with van der Waals surface area (Å²) in [7, 11) is -0.590. The van der Waals surface area contributed by atoms with E-state index in [2.05, 4.69) is 27.7 Å². The lowest BCUT2D eigenvalue weighted by Gasteiger charge is -2.36. The molecule has 1 aliphatic rings. The van der Waals surface area contributed by atoms with Gasteiger partial charge in [0.2, 0.25) is 0 Å². The molecule has 0 aliphatic heterocycles. The molecule has 4 unspecified atom stereocenters. The Balaban J connectivity index is 2.10. The van der Waals surface area contributed by atoms with Crippen molar-refractivity contribution in [3.8, 4) is 0 Å². The van der Waals surface area contributed by atoms with Crippen LogP contribution in [0.25, 0.3) is 0 Å². The fourth-order valence-electron chi connectivity index (χ4n) is 4.30. The second kappa shape index (κ2) is 13.4. The molecule has 0 saturated heterocycles. The number of unbranched alkanes of at least 4 members (excludes halogenated alkanes) is 9. The van der Waals surface area contributed by atoms with E-state index in [1.165, 1.54) is 83.5 Å². The van der Waals surface area contributed by atoms with E-state index in [1.54, 1.807) is 0 Å². The topological polar surface area (TPSA) is 17.1 Å². The predicted octanol–water partition coefficient (Wildman–Crippen LogP) is 7.12. The Morgan fingerprint density at radius 3 is 1.96 bits per heavy atom. The smallest absolute Gasteiger partial charge is 0.0381 e. The van der Waals surface area contributed by atoms with Crippen LogP contribution in [-0.2, 0) is 10.8 Å². The molecule has 0 amide bonds. The van der Waals surface area contributed by atoms with Gasteiger partial charge in [0, 0.05) is 21.8 Å². The molecule has 2 heteroatoms. The number of rotatable bonds is 13. The highest BCUT2D eigenvalue weighted by Gasteiger charge is 2.34. The maximum atomic E-state index is 12.8. The van der Waals surface area contributed by atoms with Crippen LogP contribution < -0.4 is 0 Å². The molecule has 24 heavy (non-hydrogen) atoms. The van der Waals surface area contributed by atoms with E-state index in [1.807, 2.05) is 0 Å². The minimum atomic E-state index is -0.590. The zero-order valence-corrected chi connectivity index (χ0v) is 17.8. The monoisotopic (exact) mass is 356 g/mol. The highest BCUT2D eigenvalue weighted by Crippen LogP contribution is 2.36. The molecule has 0 aromatic rings. The lowest BCUT2D eigenvalue weighted by molar-refractivity contribution is 0.241. The third-order valence-corrected chi connectivity index (χ3v) is 7.91. The van der Waals surface area contributed by atoms with Crippen LogP contribution in [0.2, 0.25) is 0 Å². The first-order valence-electron chi connectivity index (χ1n) is 10.9. The SMILES string of the molecule is CCCCCCCCCCCCS(=O)C1CC(C)CCC1C(C)C. The van der Waals surface area contributed by atoms with Gasteiger partial charge < -0.3 is 0 Å². The minimum absolute atomic E-state index is 0.479. The normalized spacial score (nSPS) is 26.0. The van der Waals surface area contributed by atoms with Gasteiger partial charge in [-0.15, -0.1) is 0 Å². The summed E-state index contributed by atoms with van der Waals surface area (Å²) >= 11 is 0. The van der Waals surface area contributed by atoms with Crippen LogP contribution >= 0.6 is 0 Å². The molecule has 1 rings (SSSR count). The Morgan fingerprint density at radius 1 is 0.875 bits per heavy atom. The first kappa shape index (κ1) is 22.2. The molecule has 1 fully saturated rings. The highest BCUT2D eigenvalue weighted by molar-refractivity contribution is 7.85. The maximum absolute atomic E-state index is 12.8. The number of hydrogen-bond donors (Lipinski definition) is 0. The van der Waals surface area contributed by atoms with Gasteiger partial charge in [0.15, 0.2) is 0 Å². The first-order chi connectivity index (χ1) is 11.6. The average molecular weight is 357 g/mol. The maximum Gasteiger partial charge on any atom is 0.0381 e. The molecule has 0 aromatic carbocycles. The molecule has 1 saturated carbocycles. The molecular formula is C22H44OS.